The van der Waals surface area contributed by atoms with Crippen molar-refractivity contribution < 1.29 is 14.1 Å². The van der Waals surface area contributed by atoms with Gasteiger partial charge in [0.1, 0.15) is 0 Å². The van der Waals surface area contributed by atoms with Crippen molar-refractivity contribution in [2.45, 2.75) is 72.1 Å². The van der Waals surface area contributed by atoms with Gasteiger partial charge in [-0.1, -0.05) is 44.7 Å². The van der Waals surface area contributed by atoms with Crippen molar-refractivity contribution in [1.29, 1.82) is 0 Å². The number of hydrogen-bond donors (Lipinski definition) is 0. The fraction of sp³-hybridized carbons (Fsp3) is 0.733. The van der Waals surface area contributed by atoms with E-state index in [-0.39, 0.29) is 5.97 Å². The largest absolute Gasteiger partial charge is 0.391 e. The second-order valence-corrected chi connectivity index (χ2v) is 4.90. The summed E-state index contributed by atoms with van der Waals surface area (Å²) in [5.41, 5.74) is 1.94. The molecule has 0 fully saturated rings. The first-order chi connectivity index (χ1) is 9.19. The molecule has 0 amide bonds. The SMILES string of the molecule is CCCCCc1noc(OC(C)=O)c1CCCCC. The highest BCUT2D eigenvalue weighted by molar-refractivity contribution is 5.68. The third-order valence-corrected chi connectivity index (χ3v) is 3.12. The predicted molar refractivity (Wildman–Crippen MR) is 74.3 cm³/mol. The molecule has 0 spiro atoms. The molecule has 0 aliphatic carbocycles. The standard InChI is InChI=1S/C15H25NO3/c1-4-6-8-10-13-14(11-9-7-5-2)16-19-15(13)18-12(3)17/h4-11H2,1-3H3. The molecule has 0 aliphatic heterocycles. The molecule has 0 saturated carbocycles. The van der Waals surface area contributed by atoms with Gasteiger partial charge in [0.15, 0.2) is 0 Å². The summed E-state index contributed by atoms with van der Waals surface area (Å²) < 4.78 is 10.3. The molecule has 0 N–H and O–H groups in total. The molecule has 1 rings (SSSR count). The number of aromatic nitrogens is 1. The first-order valence-corrected chi connectivity index (χ1v) is 7.34. The molecule has 0 atom stereocenters. The molecule has 108 valence electrons. The second-order valence-electron chi connectivity index (χ2n) is 4.90. The Bertz CT molecular complexity index is 385. The van der Waals surface area contributed by atoms with E-state index in [9.17, 15) is 4.79 Å². The number of rotatable bonds is 9. The minimum Gasteiger partial charge on any atom is -0.391 e. The van der Waals surface area contributed by atoms with Crippen LogP contribution < -0.4 is 4.74 Å². The molecule has 4 nitrogen and oxygen atoms in total. The lowest BCUT2D eigenvalue weighted by molar-refractivity contribution is -0.133. The van der Waals surface area contributed by atoms with Gasteiger partial charge >= 0.3 is 11.9 Å². The van der Waals surface area contributed by atoms with Gasteiger partial charge in [0.2, 0.25) is 0 Å². The average molecular weight is 267 g/mol. The maximum atomic E-state index is 11.1. The van der Waals surface area contributed by atoms with Crippen LogP contribution >= 0.6 is 0 Å². The number of esters is 1. The van der Waals surface area contributed by atoms with Crippen LogP contribution in [0.3, 0.4) is 0 Å². The van der Waals surface area contributed by atoms with Crippen molar-refractivity contribution in [3.8, 4) is 5.95 Å². The fourth-order valence-electron chi connectivity index (χ4n) is 2.07. The van der Waals surface area contributed by atoms with Crippen molar-refractivity contribution in [2.75, 3.05) is 0 Å². The van der Waals surface area contributed by atoms with Crippen molar-refractivity contribution in [3.05, 3.63) is 11.3 Å². The van der Waals surface area contributed by atoms with E-state index in [1.165, 1.54) is 32.6 Å². The molecule has 1 heterocycles. The fourth-order valence-corrected chi connectivity index (χ4v) is 2.07. The Morgan fingerprint density at radius 3 is 2.32 bits per heavy atom. The number of unbranched alkanes of at least 4 members (excludes halogenated alkanes) is 4. The van der Waals surface area contributed by atoms with Crippen LogP contribution in [-0.4, -0.2) is 11.1 Å². The van der Waals surface area contributed by atoms with Gasteiger partial charge in [-0.15, -0.1) is 0 Å². The highest BCUT2D eigenvalue weighted by Gasteiger charge is 2.18. The van der Waals surface area contributed by atoms with Gasteiger partial charge < -0.3 is 9.26 Å². The van der Waals surface area contributed by atoms with E-state index in [1.54, 1.807) is 0 Å². The van der Waals surface area contributed by atoms with E-state index < -0.39 is 0 Å². The van der Waals surface area contributed by atoms with Crippen molar-refractivity contribution >= 4 is 5.97 Å². The van der Waals surface area contributed by atoms with Gasteiger partial charge in [0.05, 0.1) is 11.3 Å². The number of carbonyl (C=O) groups is 1. The molecule has 4 heteroatoms. The summed E-state index contributed by atoms with van der Waals surface area (Å²) in [4.78, 5) is 11.1. The Morgan fingerprint density at radius 1 is 1.11 bits per heavy atom. The zero-order chi connectivity index (χ0) is 14.1. The van der Waals surface area contributed by atoms with E-state index in [2.05, 4.69) is 19.0 Å². The Morgan fingerprint density at radius 2 is 1.74 bits per heavy atom. The van der Waals surface area contributed by atoms with E-state index in [1.807, 2.05) is 0 Å². The summed E-state index contributed by atoms with van der Waals surface area (Å²) in [6.07, 6.45) is 8.65. The smallest absolute Gasteiger partial charge is 0.322 e. The highest BCUT2D eigenvalue weighted by Crippen LogP contribution is 2.26. The normalized spacial score (nSPS) is 10.7. The maximum absolute atomic E-state index is 11.1. The molecular formula is C15H25NO3. The van der Waals surface area contributed by atoms with Crippen LogP contribution in [0.15, 0.2) is 4.52 Å². The van der Waals surface area contributed by atoms with Crippen LogP contribution in [0.25, 0.3) is 0 Å². The topological polar surface area (TPSA) is 52.3 Å². The number of nitrogens with zero attached hydrogens (tertiary/aromatic N) is 1. The average Bonchev–Trinajstić information content (AvgIpc) is 2.72. The quantitative estimate of drug-likeness (QED) is 0.500. The molecule has 0 saturated heterocycles. The molecule has 0 radical (unpaired) electrons. The Labute approximate surface area is 115 Å². The summed E-state index contributed by atoms with van der Waals surface area (Å²) >= 11 is 0. The van der Waals surface area contributed by atoms with Gasteiger partial charge in [-0.2, -0.15) is 0 Å². The zero-order valence-electron chi connectivity index (χ0n) is 12.3. The number of aryl methyl sites for hydroxylation is 1. The number of carbonyl (C=O) groups excluding carboxylic acids is 1. The highest BCUT2D eigenvalue weighted by atomic mass is 16.6. The summed E-state index contributed by atoms with van der Waals surface area (Å²) in [6.45, 7) is 5.73. The zero-order valence-corrected chi connectivity index (χ0v) is 12.3. The lowest BCUT2D eigenvalue weighted by Crippen LogP contribution is -2.03. The van der Waals surface area contributed by atoms with Gasteiger partial charge in [-0.25, -0.2) is 0 Å². The summed E-state index contributed by atoms with van der Waals surface area (Å²) in [7, 11) is 0. The minimum absolute atomic E-state index is 0.301. The van der Waals surface area contributed by atoms with E-state index in [4.69, 9.17) is 9.26 Å². The first kappa shape index (κ1) is 15.7. The van der Waals surface area contributed by atoms with Crippen LogP contribution in [0.5, 0.6) is 5.95 Å². The van der Waals surface area contributed by atoms with Crippen molar-refractivity contribution in [1.82, 2.24) is 5.16 Å². The second kappa shape index (κ2) is 8.73. The van der Waals surface area contributed by atoms with Crippen LogP contribution in [-0.2, 0) is 17.6 Å². The van der Waals surface area contributed by atoms with Crippen molar-refractivity contribution in [3.63, 3.8) is 0 Å². The van der Waals surface area contributed by atoms with E-state index in [0.717, 1.165) is 36.9 Å². The molecule has 1 aromatic rings. The summed E-state index contributed by atoms with van der Waals surface area (Å²) in [6, 6.07) is 0. The Hall–Kier alpha value is -1.32. The van der Waals surface area contributed by atoms with E-state index in [0.29, 0.717) is 5.95 Å². The number of ether oxygens (including phenoxy) is 1. The molecule has 0 bridgehead atoms. The molecule has 0 aromatic carbocycles. The van der Waals surface area contributed by atoms with Gasteiger partial charge in [-0.3, -0.25) is 4.79 Å². The summed E-state index contributed by atoms with van der Waals surface area (Å²) in [5, 5.41) is 4.07. The lowest BCUT2D eigenvalue weighted by atomic mass is 10.0. The van der Waals surface area contributed by atoms with Crippen LogP contribution in [0, 0.1) is 0 Å². The third kappa shape index (κ3) is 5.45. The molecule has 1 aromatic heterocycles. The van der Waals surface area contributed by atoms with Crippen LogP contribution in [0.2, 0.25) is 0 Å². The molecule has 19 heavy (non-hydrogen) atoms. The van der Waals surface area contributed by atoms with Gasteiger partial charge in [-0.05, 0) is 25.7 Å². The Kier molecular flexibility index (Phi) is 7.23. The Balaban J connectivity index is 2.71. The van der Waals surface area contributed by atoms with Gasteiger partial charge in [0.25, 0.3) is 0 Å². The molecule has 0 unspecified atom stereocenters. The monoisotopic (exact) mass is 267 g/mol. The first-order valence-electron chi connectivity index (χ1n) is 7.34. The summed E-state index contributed by atoms with van der Waals surface area (Å²) in [5.74, 6) is -0.0527. The molecule has 0 aliphatic rings. The third-order valence-electron chi connectivity index (χ3n) is 3.12. The van der Waals surface area contributed by atoms with Crippen LogP contribution in [0.4, 0.5) is 0 Å². The molecular weight excluding hydrogens is 242 g/mol. The lowest BCUT2D eigenvalue weighted by Gasteiger charge is -2.03. The van der Waals surface area contributed by atoms with E-state index >= 15 is 0 Å². The van der Waals surface area contributed by atoms with Crippen molar-refractivity contribution in [2.24, 2.45) is 0 Å². The number of hydrogen-bond acceptors (Lipinski definition) is 4. The maximum Gasteiger partial charge on any atom is 0.322 e. The van der Waals surface area contributed by atoms with Crippen LogP contribution in [0.1, 0.15) is 70.6 Å². The minimum atomic E-state index is -0.354. The predicted octanol–water partition coefficient (Wildman–Crippen LogP) is 4.07. The van der Waals surface area contributed by atoms with Gasteiger partial charge in [0, 0.05) is 6.92 Å².